The number of carboxylic acid groups (broad SMARTS) is 1. The first-order chi connectivity index (χ1) is 16.8. The van der Waals surface area contributed by atoms with Gasteiger partial charge in [0.05, 0.1) is 31.3 Å². The Morgan fingerprint density at radius 3 is 2.77 bits per heavy atom. The molecule has 1 aliphatic heterocycles. The minimum atomic E-state index is -1.07. The number of piperidine rings is 1. The van der Waals surface area contributed by atoms with Crippen molar-refractivity contribution in [1.29, 1.82) is 0 Å². The van der Waals surface area contributed by atoms with Gasteiger partial charge >= 0.3 is 5.97 Å². The van der Waals surface area contributed by atoms with Gasteiger partial charge in [-0.15, -0.1) is 11.3 Å². The van der Waals surface area contributed by atoms with Gasteiger partial charge in [-0.2, -0.15) is 12.6 Å². The Hall–Kier alpha value is -2.20. The maximum absolute atomic E-state index is 14.8. The number of rotatable bonds is 10. The molecule has 0 saturated carbocycles. The second-order valence-corrected chi connectivity index (χ2v) is 11.0. The number of fused-ring (bicyclic) bond motifs is 1. The van der Waals surface area contributed by atoms with E-state index < -0.39 is 23.3 Å². The van der Waals surface area contributed by atoms with Gasteiger partial charge in [-0.25, -0.2) is 4.39 Å². The molecular formula is C26H31FN2O4S2. The predicted molar refractivity (Wildman–Crippen MR) is 139 cm³/mol. The number of aliphatic hydroxyl groups excluding tert-OH is 1. The highest BCUT2D eigenvalue weighted by Crippen LogP contribution is 2.43. The summed E-state index contributed by atoms with van der Waals surface area (Å²) in [5.41, 5.74) is 0.322. The molecule has 0 spiro atoms. The van der Waals surface area contributed by atoms with Gasteiger partial charge in [0.1, 0.15) is 11.6 Å². The Labute approximate surface area is 214 Å². The van der Waals surface area contributed by atoms with E-state index in [0.717, 1.165) is 25.8 Å². The number of carboxylic acids is 1. The van der Waals surface area contributed by atoms with Crippen LogP contribution in [0.4, 0.5) is 4.39 Å². The quantitative estimate of drug-likeness (QED) is 0.308. The number of thiophene rings is 1. The van der Waals surface area contributed by atoms with E-state index in [0.29, 0.717) is 35.9 Å². The molecule has 2 atom stereocenters. The van der Waals surface area contributed by atoms with E-state index in [2.05, 4.69) is 16.0 Å². The van der Waals surface area contributed by atoms with Gasteiger partial charge in [0, 0.05) is 27.6 Å². The average molecular weight is 519 g/mol. The number of thiol groups is 1. The lowest BCUT2D eigenvalue weighted by atomic mass is 9.71. The number of hydrogen-bond acceptors (Lipinski definition) is 7. The first-order valence-electron chi connectivity index (χ1n) is 11.8. The van der Waals surface area contributed by atoms with Crippen molar-refractivity contribution in [2.45, 2.75) is 43.5 Å². The largest absolute Gasteiger partial charge is 0.497 e. The molecule has 1 aromatic carbocycles. The van der Waals surface area contributed by atoms with Crippen molar-refractivity contribution in [3.63, 3.8) is 0 Å². The van der Waals surface area contributed by atoms with E-state index in [1.807, 2.05) is 11.4 Å². The molecule has 0 amide bonds. The fraction of sp³-hybridized carbons (Fsp3) is 0.462. The fourth-order valence-corrected chi connectivity index (χ4v) is 6.28. The molecule has 0 bridgehead atoms. The van der Waals surface area contributed by atoms with E-state index >= 15 is 0 Å². The molecule has 35 heavy (non-hydrogen) atoms. The Kier molecular flexibility index (Phi) is 8.31. The number of halogens is 1. The van der Waals surface area contributed by atoms with E-state index in [1.54, 1.807) is 29.5 Å². The Bertz CT molecular complexity index is 1150. The number of carbonyl (C=O) groups is 1. The number of nitrogens with zero attached hydrogens (tertiary/aromatic N) is 2. The molecule has 1 fully saturated rings. The summed E-state index contributed by atoms with van der Waals surface area (Å²) in [5, 5.41) is 23.3. The van der Waals surface area contributed by atoms with Crippen LogP contribution in [0.1, 0.15) is 53.9 Å². The monoisotopic (exact) mass is 518 g/mol. The first kappa shape index (κ1) is 25.9. The highest BCUT2D eigenvalue weighted by Gasteiger charge is 2.37. The molecule has 4 rings (SSSR count). The summed E-state index contributed by atoms with van der Waals surface area (Å²) in [6.07, 6.45) is 2.28. The lowest BCUT2D eigenvalue weighted by molar-refractivity contribution is -0.141. The minimum absolute atomic E-state index is 0.0379. The zero-order chi connectivity index (χ0) is 25.0. The fourth-order valence-electron chi connectivity index (χ4n) is 5.08. The van der Waals surface area contributed by atoms with E-state index in [1.165, 1.54) is 12.0 Å². The van der Waals surface area contributed by atoms with Gasteiger partial charge in [0.2, 0.25) is 0 Å². The molecule has 2 N–H and O–H groups in total. The molecule has 0 aliphatic carbocycles. The van der Waals surface area contributed by atoms with Crippen LogP contribution in [0.2, 0.25) is 0 Å². The van der Waals surface area contributed by atoms with Crippen molar-refractivity contribution in [1.82, 2.24) is 9.88 Å². The van der Waals surface area contributed by atoms with Gasteiger partial charge in [0.15, 0.2) is 0 Å². The summed E-state index contributed by atoms with van der Waals surface area (Å²) in [4.78, 5) is 19.4. The van der Waals surface area contributed by atoms with E-state index in [-0.39, 0.29) is 23.7 Å². The summed E-state index contributed by atoms with van der Waals surface area (Å²) in [5.74, 6) is -0.865. The van der Waals surface area contributed by atoms with Crippen LogP contribution in [0.5, 0.6) is 5.75 Å². The number of aliphatic carboxylic acids is 1. The number of benzene rings is 1. The van der Waals surface area contributed by atoms with Gasteiger partial charge in [-0.3, -0.25) is 9.78 Å². The summed E-state index contributed by atoms with van der Waals surface area (Å²) < 4.78 is 20.1. The predicted octanol–water partition coefficient (Wildman–Crippen LogP) is 5.49. The Morgan fingerprint density at radius 2 is 2.11 bits per heavy atom. The maximum Gasteiger partial charge on any atom is 0.303 e. The standard InChI is InChI=1S/C26H31FN2O4S2/c1-33-17-4-5-20-18(13-17)25(19(27)15-28-20)21(30)6-7-26(14-24(31)32)8-10-29(11-9-26)16-22(34)23-3-2-12-35-23/h2-5,12-13,15,21-22,30,34H,6-11,14,16H2,1H3,(H,31,32)/t21-,22?/m0/s1. The van der Waals surface area contributed by atoms with E-state index in [4.69, 9.17) is 17.4 Å². The summed E-state index contributed by atoms with van der Waals surface area (Å²) in [6.45, 7) is 2.36. The molecule has 0 radical (unpaired) electrons. The molecule has 1 saturated heterocycles. The third-order valence-corrected chi connectivity index (χ3v) is 8.70. The van der Waals surface area contributed by atoms with Crippen molar-refractivity contribution in [2.24, 2.45) is 5.41 Å². The van der Waals surface area contributed by atoms with Gasteiger partial charge in [-0.05, 0) is 73.8 Å². The van der Waals surface area contributed by atoms with Crippen LogP contribution in [-0.2, 0) is 4.79 Å². The number of aromatic nitrogens is 1. The van der Waals surface area contributed by atoms with Gasteiger partial charge in [-0.1, -0.05) is 6.07 Å². The van der Waals surface area contributed by atoms with Crippen LogP contribution in [0, 0.1) is 11.2 Å². The number of aliphatic hydroxyl groups is 1. The number of pyridine rings is 1. The third-order valence-electron chi connectivity index (χ3n) is 7.10. The molecule has 1 aliphatic rings. The molecule has 3 aromatic rings. The Balaban J connectivity index is 1.45. The van der Waals surface area contributed by atoms with Crippen molar-refractivity contribution in [2.75, 3.05) is 26.7 Å². The van der Waals surface area contributed by atoms with Crippen LogP contribution in [0.3, 0.4) is 0 Å². The molecule has 6 nitrogen and oxygen atoms in total. The van der Waals surface area contributed by atoms with Crippen molar-refractivity contribution in [3.8, 4) is 5.75 Å². The van der Waals surface area contributed by atoms with Crippen LogP contribution in [0.25, 0.3) is 10.9 Å². The smallest absolute Gasteiger partial charge is 0.303 e. The van der Waals surface area contributed by atoms with Crippen molar-refractivity contribution < 1.29 is 24.1 Å². The lowest BCUT2D eigenvalue weighted by Crippen LogP contribution is -2.42. The maximum atomic E-state index is 14.8. The van der Waals surface area contributed by atoms with Crippen LogP contribution >= 0.6 is 24.0 Å². The highest BCUT2D eigenvalue weighted by molar-refractivity contribution is 7.80. The molecule has 1 unspecified atom stereocenters. The molecular weight excluding hydrogens is 487 g/mol. The third kappa shape index (κ3) is 6.14. The topological polar surface area (TPSA) is 82.9 Å². The van der Waals surface area contributed by atoms with Gasteiger partial charge < -0.3 is 19.8 Å². The van der Waals surface area contributed by atoms with Crippen LogP contribution in [-0.4, -0.2) is 52.8 Å². The van der Waals surface area contributed by atoms with Crippen molar-refractivity contribution in [3.05, 3.63) is 58.2 Å². The molecule has 3 heterocycles. The zero-order valence-corrected chi connectivity index (χ0v) is 21.4. The number of ether oxygens (including phenoxy) is 1. The van der Waals surface area contributed by atoms with Crippen LogP contribution in [0.15, 0.2) is 41.9 Å². The Morgan fingerprint density at radius 1 is 1.34 bits per heavy atom. The van der Waals surface area contributed by atoms with Crippen molar-refractivity contribution >= 4 is 40.8 Å². The second kappa shape index (κ2) is 11.2. The number of methoxy groups -OCH3 is 1. The normalized spacial score (nSPS) is 17.8. The number of hydrogen-bond donors (Lipinski definition) is 3. The summed E-state index contributed by atoms with van der Waals surface area (Å²) in [7, 11) is 1.53. The average Bonchev–Trinajstić information content (AvgIpc) is 3.38. The minimum Gasteiger partial charge on any atom is -0.497 e. The summed E-state index contributed by atoms with van der Waals surface area (Å²) >= 11 is 6.44. The lowest BCUT2D eigenvalue weighted by Gasteiger charge is -2.42. The zero-order valence-electron chi connectivity index (χ0n) is 19.7. The molecule has 2 aromatic heterocycles. The first-order valence-corrected chi connectivity index (χ1v) is 13.2. The van der Waals surface area contributed by atoms with Gasteiger partial charge in [0.25, 0.3) is 0 Å². The summed E-state index contributed by atoms with van der Waals surface area (Å²) in [6, 6.07) is 9.26. The second-order valence-electron chi connectivity index (χ2n) is 9.36. The highest BCUT2D eigenvalue weighted by atomic mass is 32.1. The SMILES string of the molecule is COc1ccc2ncc(F)c([C@@H](O)CCC3(CC(=O)O)CCN(CC(S)c4cccs4)CC3)c2c1. The number of likely N-dealkylation sites (tertiary alicyclic amines) is 1. The van der Waals surface area contributed by atoms with E-state index in [9.17, 15) is 19.4 Å². The molecule has 188 valence electrons. The van der Waals surface area contributed by atoms with Crippen LogP contribution < -0.4 is 4.74 Å². The molecule has 9 heteroatoms.